The van der Waals surface area contributed by atoms with Crippen LogP contribution in [0.15, 0.2) is 30.5 Å². The minimum absolute atomic E-state index is 0.0337. The van der Waals surface area contributed by atoms with Gasteiger partial charge in [0.05, 0.1) is 16.0 Å². The summed E-state index contributed by atoms with van der Waals surface area (Å²) >= 11 is 6.10. The zero-order valence-corrected chi connectivity index (χ0v) is 21.0. The SMILES string of the molecule is Cc1ccc([C@H](CC(=O)NC[C@H](Cc2ccc(C(N)=O)c(F)c2Cl)N(C)C)C2(C(F)(F)F)CC2)cn1. The van der Waals surface area contributed by atoms with E-state index < -0.39 is 35.1 Å². The van der Waals surface area contributed by atoms with Gasteiger partial charge in [-0.15, -0.1) is 0 Å². The molecule has 0 saturated heterocycles. The second kappa shape index (κ2) is 10.7. The molecule has 0 unspecified atom stereocenters. The molecule has 0 bridgehead atoms. The van der Waals surface area contributed by atoms with E-state index in [0.29, 0.717) is 16.8 Å². The first-order valence-electron chi connectivity index (χ1n) is 11.5. The number of benzene rings is 1. The van der Waals surface area contributed by atoms with Crippen molar-refractivity contribution in [3.05, 3.63) is 63.7 Å². The number of aromatic nitrogens is 1. The van der Waals surface area contributed by atoms with Crippen molar-refractivity contribution in [2.75, 3.05) is 20.6 Å². The molecule has 1 aliphatic rings. The Morgan fingerprint density at radius 3 is 2.39 bits per heavy atom. The van der Waals surface area contributed by atoms with Crippen LogP contribution >= 0.6 is 11.6 Å². The number of nitrogens with zero attached hydrogens (tertiary/aromatic N) is 2. The molecule has 1 aromatic heterocycles. The predicted molar refractivity (Wildman–Crippen MR) is 128 cm³/mol. The summed E-state index contributed by atoms with van der Waals surface area (Å²) in [6.07, 6.45) is -3.21. The van der Waals surface area contributed by atoms with Crippen molar-refractivity contribution in [3.8, 4) is 0 Å². The molecule has 0 radical (unpaired) electrons. The quantitative estimate of drug-likeness (QED) is 0.448. The number of hydrogen-bond acceptors (Lipinski definition) is 4. The fourth-order valence-corrected chi connectivity index (χ4v) is 4.64. The van der Waals surface area contributed by atoms with Gasteiger partial charge in [-0.05, 0) is 63.5 Å². The molecular formula is C25H29ClF4N4O2. The molecule has 0 aliphatic heterocycles. The van der Waals surface area contributed by atoms with Crippen LogP contribution in [-0.2, 0) is 11.2 Å². The second-order valence-corrected chi connectivity index (χ2v) is 9.91. The van der Waals surface area contributed by atoms with Gasteiger partial charge in [0.15, 0.2) is 5.82 Å². The Morgan fingerprint density at radius 1 is 1.22 bits per heavy atom. The van der Waals surface area contributed by atoms with Crippen molar-refractivity contribution >= 4 is 23.4 Å². The van der Waals surface area contributed by atoms with Crippen molar-refractivity contribution in [1.82, 2.24) is 15.2 Å². The number of rotatable bonds is 10. The molecule has 1 saturated carbocycles. The van der Waals surface area contributed by atoms with Gasteiger partial charge in [0, 0.05) is 36.8 Å². The van der Waals surface area contributed by atoms with Crippen LogP contribution in [0.5, 0.6) is 0 Å². The third kappa shape index (κ3) is 5.98. The van der Waals surface area contributed by atoms with Crippen LogP contribution in [0, 0.1) is 18.2 Å². The normalized spacial score (nSPS) is 16.5. The summed E-state index contributed by atoms with van der Waals surface area (Å²) < 4.78 is 56.2. The molecule has 3 rings (SSSR count). The highest BCUT2D eigenvalue weighted by atomic mass is 35.5. The summed E-state index contributed by atoms with van der Waals surface area (Å²) in [5.41, 5.74) is 4.35. The van der Waals surface area contributed by atoms with Crippen molar-refractivity contribution < 1.29 is 27.2 Å². The van der Waals surface area contributed by atoms with Crippen molar-refractivity contribution in [2.24, 2.45) is 11.1 Å². The van der Waals surface area contributed by atoms with E-state index in [0.717, 1.165) is 0 Å². The fourth-order valence-electron chi connectivity index (χ4n) is 4.40. The van der Waals surface area contributed by atoms with Crippen molar-refractivity contribution in [1.29, 1.82) is 0 Å². The van der Waals surface area contributed by atoms with Gasteiger partial charge in [-0.2, -0.15) is 13.2 Å². The first kappa shape index (κ1) is 27.9. The molecule has 2 amide bonds. The number of hydrogen-bond donors (Lipinski definition) is 2. The number of carbonyl (C=O) groups is 2. The zero-order chi connectivity index (χ0) is 26.8. The standard InChI is InChI=1S/C25H29ClF4N4O2/c1-14-4-5-16(12-32-14)19(24(8-9-24)25(28,29)30)11-20(35)33-13-17(34(2)3)10-15-6-7-18(23(31)36)22(27)21(15)26/h4-7,12,17,19H,8-11,13H2,1-3H3,(H2,31,36)(H,33,35)/t17-,19-/m0/s1. The lowest BCUT2D eigenvalue weighted by Gasteiger charge is -2.30. The van der Waals surface area contributed by atoms with Gasteiger partial charge in [-0.1, -0.05) is 23.7 Å². The van der Waals surface area contributed by atoms with E-state index in [2.05, 4.69) is 10.3 Å². The van der Waals surface area contributed by atoms with Crippen LogP contribution in [0.1, 0.15) is 52.4 Å². The van der Waals surface area contributed by atoms with E-state index in [1.807, 2.05) is 0 Å². The summed E-state index contributed by atoms with van der Waals surface area (Å²) in [7, 11) is 3.50. The number of likely N-dealkylation sites (N-methyl/N-ethyl adjacent to an activating group) is 1. The minimum Gasteiger partial charge on any atom is -0.366 e. The number of halogens is 5. The molecule has 1 heterocycles. The second-order valence-electron chi connectivity index (χ2n) is 9.53. The number of alkyl halides is 3. The maximum Gasteiger partial charge on any atom is 0.395 e. The van der Waals surface area contributed by atoms with Crippen LogP contribution in [0.3, 0.4) is 0 Å². The maximum atomic E-state index is 14.4. The van der Waals surface area contributed by atoms with Gasteiger partial charge in [0.2, 0.25) is 5.91 Å². The van der Waals surface area contributed by atoms with E-state index in [1.165, 1.54) is 18.3 Å². The number of carbonyl (C=O) groups excluding carboxylic acids is 2. The first-order valence-corrected chi connectivity index (χ1v) is 11.8. The Balaban J connectivity index is 1.73. The number of aryl methyl sites for hydroxylation is 1. The molecule has 1 fully saturated rings. The molecule has 3 N–H and O–H groups in total. The lowest BCUT2D eigenvalue weighted by molar-refractivity contribution is -0.194. The summed E-state index contributed by atoms with van der Waals surface area (Å²) in [6, 6.07) is 5.63. The van der Waals surface area contributed by atoms with Gasteiger partial charge in [-0.25, -0.2) is 4.39 Å². The summed E-state index contributed by atoms with van der Waals surface area (Å²) in [6.45, 7) is 1.84. The number of amides is 2. The van der Waals surface area contributed by atoms with Crippen LogP contribution in [0.2, 0.25) is 5.02 Å². The lowest BCUT2D eigenvalue weighted by Crippen LogP contribution is -2.43. The first-order chi connectivity index (χ1) is 16.8. The van der Waals surface area contributed by atoms with Gasteiger partial charge >= 0.3 is 6.18 Å². The maximum absolute atomic E-state index is 14.4. The number of pyridine rings is 1. The average molecular weight is 529 g/mol. The molecule has 2 atom stereocenters. The molecule has 36 heavy (non-hydrogen) atoms. The highest BCUT2D eigenvalue weighted by Gasteiger charge is 2.67. The third-order valence-electron chi connectivity index (χ3n) is 6.89. The van der Waals surface area contributed by atoms with Gasteiger partial charge in [-0.3, -0.25) is 14.6 Å². The monoisotopic (exact) mass is 528 g/mol. The number of primary amides is 1. The fraction of sp³-hybridized carbons (Fsp3) is 0.480. The Morgan fingerprint density at radius 2 is 1.89 bits per heavy atom. The highest BCUT2D eigenvalue weighted by molar-refractivity contribution is 6.32. The highest BCUT2D eigenvalue weighted by Crippen LogP contribution is 2.66. The molecule has 0 spiro atoms. The topological polar surface area (TPSA) is 88.3 Å². The summed E-state index contributed by atoms with van der Waals surface area (Å²) in [4.78, 5) is 30.1. The van der Waals surface area contributed by atoms with Crippen LogP contribution in [0.25, 0.3) is 0 Å². The largest absolute Gasteiger partial charge is 0.395 e. The van der Waals surface area contributed by atoms with Gasteiger partial charge in [0.1, 0.15) is 0 Å². The molecule has 11 heteroatoms. The molecule has 2 aromatic rings. The Kier molecular flexibility index (Phi) is 8.30. The van der Waals surface area contributed by atoms with Crippen molar-refractivity contribution in [2.45, 2.75) is 50.7 Å². The van der Waals surface area contributed by atoms with E-state index in [1.54, 1.807) is 38.1 Å². The molecule has 6 nitrogen and oxygen atoms in total. The molecular weight excluding hydrogens is 500 g/mol. The predicted octanol–water partition coefficient (Wildman–Crippen LogP) is 4.39. The van der Waals surface area contributed by atoms with E-state index in [4.69, 9.17) is 17.3 Å². The van der Waals surface area contributed by atoms with Crippen molar-refractivity contribution in [3.63, 3.8) is 0 Å². The lowest BCUT2D eigenvalue weighted by atomic mass is 9.80. The van der Waals surface area contributed by atoms with Gasteiger partial charge < -0.3 is 16.0 Å². The smallest absolute Gasteiger partial charge is 0.366 e. The number of nitrogens with one attached hydrogen (secondary N) is 1. The summed E-state index contributed by atoms with van der Waals surface area (Å²) in [5.74, 6) is -3.43. The Bertz CT molecular complexity index is 1120. The van der Waals surface area contributed by atoms with Crippen LogP contribution < -0.4 is 11.1 Å². The molecule has 196 valence electrons. The molecule has 1 aromatic carbocycles. The van der Waals surface area contributed by atoms with E-state index in [9.17, 15) is 27.2 Å². The Labute approximate surface area is 212 Å². The van der Waals surface area contributed by atoms with E-state index >= 15 is 0 Å². The summed E-state index contributed by atoms with van der Waals surface area (Å²) in [5, 5.41) is 2.49. The third-order valence-corrected chi connectivity index (χ3v) is 7.30. The Hall–Kier alpha value is -2.72. The average Bonchev–Trinajstić information content (AvgIpc) is 3.60. The minimum atomic E-state index is -4.44. The van der Waals surface area contributed by atoms with Crippen LogP contribution in [-0.4, -0.2) is 54.6 Å². The van der Waals surface area contributed by atoms with E-state index in [-0.39, 0.29) is 48.9 Å². The molecule has 1 aliphatic carbocycles. The van der Waals surface area contributed by atoms with Crippen LogP contribution in [0.4, 0.5) is 17.6 Å². The number of nitrogens with two attached hydrogens (primary N) is 1. The van der Waals surface area contributed by atoms with Gasteiger partial charge in [0.25, 0.3) is 5.91 Å². The zero-order valence-electron chi connectivity index (χ0n) is 20.3.